The fraction of sp³-hybridized carbons (Fsp3) is 0.200. The summed E-state index contributed by atoms with van der Waals surface area (Å²) in [6.45, 7) is 0. The molecule has 8 nitrogen and oxygen atoms in total. The largest absolute Gasteiger partial charge is 0.312 e. The minimum atomic E-state index is -1.49. The summed E-state index contributed by atoms with van der Waals surface area (Å²) >= 11 is 0. The number of halogens is 2. The van der Waals surface area contributed by atoms with Crippen molar-refractivity contribution in [2.24, 2.45) is 0 Å². The van der Waals surface area contributed by atoms with Gasteiger partial charge in [0, 0.05) is 0 Å². The molecule has 0 aliphatic carbocycles. The second-order valence-corrected chi connectivity index (χ2v) is 6.86. The summed E-state index contributed by atoms with van der Waals surface area (Å²) in [5, 5.41) is 10.9. The van der Waals surface area contributed by atoms with Gasteiger partial charge in [-0.2, -0.15) is 5.06 Å². The highest BCUT2D eigenvalue weighted by molar-refractivity contribution is 6.24. The lowest BCUT2D eigenvalue weighted by Crippen LogP contribution is -2.49. The maximum Gasteiger partial charge on any atom is 0.254 e. The zero-order valence-electron chi connectivity index (χ0n) is 15.4. The maximum atomic E-state index is 14.0. The topological polar surface area (TPSA) is 98.2 Å². The van der Waals surface area contributed by atoms with E-state index in [9.17, 15) is 33.2 Å². The molecular weight excluding hydrogens is 400 g/mol. The van der Waals surface area contributed by atoms with E-state index in [1.54, 1.807) is 0 Å². The minimum absolute atomic E-state index is 0.273. The number of carbonyl (C=O) groups is 4. The van der Waals surface area contributed by atoms with Crippen molar-refractivity contribution in [1.82, 2.24) is 5.06 Å². The normalized spacial score (nSPS) is 22.0. The van der Waals surface area contributed by atoms with Gasteiger partial charge in [-0.3, -0.25) is 19.2 Å². The molecule has 4 amide bonds. The van der Waals surface area contributed by atoms with Gasteiger partial charge >= 0.3 is 0 Å². The molecule has 0 radical (unpaired) electrons. The number of nitrogens with zero attached hydrogens (tertiary/aromatic N) is 3. The highest BCUT2D eigenvalue weighted by Crippen LogP contribution is 2.32. The standard InChI is InChI=1S/C20H15F2N3O5/c21-11-5-1-3-7-13(11)23-17(26)9-15(19(23)28)25(30)16-10-18(27)24(20(16)29)14-8-4-2-6-12(14)22/h1-8,15-16,30H,9-10H2/t15-,16-/m0/s1. The van der Waals surface area contributed by atoms with Crippen molar-refractivity contribution in [3.63, 3.8) is 0 Å². The summed E-state index contributed by atoms with van der Waals surface area (Å²) in [6.07, 6.45) is -1.03. The van der Waals surface area contributed by atoms with Crippen LogP contribution in [-0.4, -0.2) is 46.0 Å². The highest BCUT2D eigenvalue weighted by Gasteiger charge is 2.51. The summed E-state index contributed by atoms with van der Waals surface area (Å²) in [5.41, 5.74) is -0.546. The van der Waals surface area contributed by atoms with Gasteiger partial charge in [-0.25, -0.2) is 18.6 Å². The third-order valence-corrected chi connectivity index (χ3v) is 5.07. The Hall–Kier alpha value is -3.50. The van der Waals surface area contributed by atoms with Crippen LogP contribution in [0.2, 0.25) is 0 Å². The third-order valence-electron chi connectivity index (χ3n) is 5.07. The van der Waals surface area contributed by atoms with Gasteiger partial charge in [0.2, 0.25) is 11.8 Å². The van der Waals surface area contributed by atoms with Crippen molar-refractivity contribution < 1.29 is 33.2 Å². The smallest absolute Gasteiger partial charge is 0.254 e. The van der Waals surface area contributed by atoms with Crippen LogP contribution in [-0.2, 0) is 19.2 Å². The Balaban J connectivity index is 1.59. The summed E-state index contributed by atoms with van der Waals surface area (Å²) < 4.78 is 28.1. The first-order valence-electron chi connectivity index (χ1n) is 9.01. The first kappa shape index (κ1) is 19.8. The van der Waals surface area contributed by atoms with E-state index in [1.807, 2.05) is 0 Å². The summed E-state index contributed by atoms with van der Waals surface area (Å²) in [4.78, 5) is 51.3. The Bertz CT molecular complexity index is 992. The van der Waals surface area contributed by atoms with Crippen LogP contribution in [0.4, 0.5) is 20.2 Å². The zero-order valence-corrected chi connectivity index (χ0v) is 15.4. The lowest BCUT2D eigenvalue weighted by molar-refractivity contribution is -0.172. The van der Waals surface area contributed by atoms with Crippen molar-refractivity contribution in [1.29, 1.82) is 0 Å². The van der Waals surface area contributed by atoms with Crippen LogP contribution in [0.3, 0.4) is 0 Å². The van der Waals surface area contributed by atoms with Crippen LogP contribution in [0.25, 0.3) is 0 Å². The molecule has 2 fully saturated rings. The first-order valence-corrected chi connectivity index (χ1v) is 9.01. The molecule has 2 atom stereocenters. The molecule has 2 aliphatic rings. The number of imide groups is 2. The van der Waals surface area contributed by atoms with Gasteiger partial charge in [-0.1, -0.05) is 24.3 Å². The zero-order chi connectivity index (χ0) is 21.6. The number of anilines is 2. The van der Waals surface area contributed by atoms with Crippen molar-refractivity contribution >= 4 is 35.0 Å². The second kappa shape index (κ2) is 7.39. The van der Waals surface area contributed by atoms with Gasteiger partial charge in [-0.15, -0.1) is 0 Å². The molecule has 10 heteroatoms. The molecule has 0 aromatic heterocycles. The van der Waals surface area contributed by atoms with Gasteiger partial charge in [0.15, 0.2) is 0 Å². The van der Waals surface area contributed by atoms with Gasteiger partial charge in [0.25, 0.3) is 11.8 Å². The lowest BCUT2D eigenvalue weighted by atomic mass is 10.1. The number of para-hydroxylation sites is 2. The molecule has 0 spiro atoms. The van der Waals surface area contributed by atoms with Crippen LogP contribution in [0.1, 0.15) is 12.8 Å². The van der Waals surface area contributed by atoms with Crippen LogP contribution in [0.5, 0.6) is 0 Å². The van der Waals surface area contributed by atoms with Crippen LogP contribution < -0.4 is 9.80 Å². The Morgan fingerprint density at radius 1 is 0.733 bits per heavy atom. The molecule has 30 heavy (non-hydrogen) atoms. The monoisotopic (exact) mass is 415 g/mol. The van der Waals surface area contributed by atoms with Gasteiger partial charge in [0.1, 0.15) is 23.7 Å². The SMILES string of the molecule is O=C1C[C@H](N(O)[C@H]2CC(=O)N(c3ccccc3F)C2=O)C(=O)N1c1ccccc1F. The average Bonchev–Trinajstić information content (AvgIpc) is 3.18. The van der Waals surface area contributed by atoms with Crippen LogP contribution in [0, 0.1) is 11.6 Å². The third kappa shape index (κ3) is 3.06. The summed E-state index contributed by atoms with van der Waals surface area (Å²) in [5.74, 6) is -5.01. The van der Waals surface area contributed by atoms with Crippen molar-refractivity contribution in [3.05, 3.63) is 60.2 Å². The predicted molar refractivity (Wildman–Crippen MR) is 98.2 cm³/mol. The van der Waals surface area contributed by atoms with E-state index in [1.165, 1.54) is 36.4 Å². The predicted octanol–water partition coefficient (Wildman–Crippen LogP) is 1.62. The van der Waals surface area contributed by atoms with E-state index in [0.717, 1.165) is 12.1 Å². The Morgan fingerprint density at radius 3 is 1.47 bits per heavy atom. The number of hydrogen-bond donors (Lipinski definition) is 1. The minimum Gasteiger partial charge on any atom is -0.312 e. The molecule has 154 valence electrons. The van der Waals surface area contributed by atoms with Crippen LogP contribution >= 0.6 is 0 Å². The lowest BCUT2D eigenvalue weighted by Gasteiger charge is -2.25. The van der Waals surface area contributed by atoms with Crippen molar-refractivity contribution in [3.8, 4) is 0 Å². The summed E-state index contributed by atoms with van der Waals surface area (Å²) in [7, 11) is 0. The highest BCUT2D eigenvalue weighted by atomic mass is 19.1. The van der Waals surface area contributed by atoms with E-state index in [-0.39, 0.29) is 11.4 Å². The van der Waals surface area contributed by atoms with Gasteiger partial charge in [0.05, 0.1) is 24.2 Å². The Kier molecular flexibility index (Phi) is 4.88. The molecule has 2 aromatic carbocycles. The first-order chi connectivity index (χ1) is 14.3. The number of carbonyl (C=O) groups excluding carboxylic acids is 4. The van der Waals surface area contributed by atoms with E-state index in [0.29, 0.717) is 14.9 Å². The average molecular weight is 415 g/mol. The number of rotatable bonds is 4. The number of hydroxylamine groups is 2. The van der Waals surface area contributed by atoms with E-state index in [2.05, 4.69) is 0 Å². The van der Waals surface area contributed by atoms with Crippen molar-refractivity contribution in [2.45, 2.75) is 24.9 Å². The van der Waals surface area contributed by atoms with E-state index < -0.39 is 60.2 Å². The molecule has 0 unspecified atom stereocenters. The number of amides is 4. The van der Waals surface area contributed by atoms with Crippen molar-refractivity contribution in [2.75, 3.05) is 9.80 Å². The van der Waals surface area contributed by atoms with Crippen LogP contribution in [0.15, 0.2) is 48.5 Å². The van der Waals surface area contributed by atoms with Gasteiger partial charge < -0.3 is 5.21 Å². The maximum absolute atomic E-state index is 14.0. The fourth-order valence-corrected chi connectivity index (χ4v) is 3.63. The number of hydrogen-bond acceptors (Lipinski definition) is 6. The Morgan fingerprint density at radius 2 is 1.10 bits per heavy atom. The molecule has 0 bridgehead atoms. The summed E-state index contributed by atoms with van der Waals surface area (Å²) in [6, 6.07) is 7.30. The molecule has 0 saturated carbocycles. The Labute approximate surface area is 168 Å². The molecular formula is C20H15F2N3O5. The molecule has 2 saturated heterocycles. The van der Waals surface area contributed by atoms with E-state index >= 15 is 0 Å². The molecule has 2 aliphatic heterocycles. The fourth-order valence-electron chi connectivity index (χ4n) is 3.63. The second-order valence-electron chi connectivity index (χ2n) is 6.86. The quantitative estimate of drug-likeness (QED) is 0.602. The molecule has 2 aromatic rings. The molecule has 1 N–H and O–H groups in total. The molecule has 4 rings (SSSR count). The van der Waals surface area contributed by atoms with E-state index in [4.69, 9.17) is 0 Å². The molecule has 2 heterocycles. The van der Waals surface area contributed by atoms with Gasteiger partial charge in [-0.05, 0) is 24.3 Å². The number of benzene rings is 2.